The van der Waals surface area contributed by atoms with Crippen LogP contribution in [0.15, 0.2) is 12.1 Å². The lowest BCUT2D eigenvalue weighted by molar-refractivity contribution is 0.289. The third-order valence-corrected chi connectivity index (χ3v) is 4.64. The van der Waals surface area contributed by atoms with Gasteiger partial charge in [-0.1, -0.05) is 6.07 Å². The molecule has 2 saturated heterocycles. The molecule has 2 aliphatic rings. The molecule has 0 unspecified atom stereocenters. The molecule has 5 nitrogen and oxygen atoms in total. The average Bonchev–Trinajstić information content (AvgIpc) is 3.07. The summed E-state index contributed by atoms with van der Waals surface area (Å²) in [5.41, 5.74) is 1.16. The number of nitrogens with zero attached hydrogens (tertiary/aromatic N) is 1. The van der Waals surface area contributed by atoms with Crippen LogP contribution in [0.5, 0.6) is 17.2 Å². The first-order chi connectivity index (χ1) is 10.3. The van der Waals surface area contributed by atoms with Crippen molar-refractivity contribution in [2.75, 3.05) is 47.5 Å². The smallest absolute Gasteiger partial charge is 0.203 e. The maximum atomic E-state index is 5.57. The van der Waals surface area contributed by atoms with Crippen molar-refractivity contribution in [3.05, 3.63) is 17.7 Å². The van der Waals surface area contributed by atoms with E-state index in [0.29, 0.717) is 11.5 Å². The summed E-state index contributed by atoms with van der Waals surface area (Å²) in [6, 6.07) is 4.03. The summed E-state index contributed by atoms with van der Waals surface area (Å²) in [6.07, 6.45) is 0. The predicted octanol–water partition coefficient (Wildman–Crippen LogP) is 1.79. The van der Waals surface area contributed by atoms with E-state index in [1.807, 2.05) is 6.07 Å². The minimum atomic E-state index is 0. The Hall–Kier alpha value is -1.17. The monoisotopic (exact) mass is 328 g/mol. The molecule has 2 fully saturated rings. The van der Waals surface area contributed by atoms with Crippen LogP contribution in [-0.4, -0.2) is 52.4 Å². The van der Waals surface area contributed by atoms with Gasteiger partial charge in [0, 0.05) is 25.2 Å². The van der Waals surface area contributed by atoms with Crippen molar-refractivity contribution in [1.82, 2.24) is 10.2 Å². The Morgan fingerprint density at radius 1 is 1.00 bits per heavy atom. The molecule has 2 heterocycles. The molecule has 0 radical (unpaired) electrons. The number of methoxy groups -OCH3 is 3. The molecule has 1 aromatic rings. The van der Waals surface area contributed by atoms with Gasteiger partial charge in [0.15, 0.2) is 11.5 Å². The molecule has 0 spiro atoms. The van der Waals surface area contributed by atoms with Crippen LogP contribution in [-0.2, 0) is 6.54 Å². The van der Waals surface area contributed by atoms with Crippen LogP contribution in [0.1, 0.15) is 5.56 Å². The van der Waals surface area contributed by atoms with Crippen molar-refractivity contribution < 1.29 is 14.2 Å². The van der Waals surface area contributed by atoms with Crippen molar-refractivity contribution in [1.29, 1.82) is 0 Å². The Kier molecular flexibility index (Phi) is 5.78. The number of rotatable bonds is 5. The summed E-state index contributed by atoms with van der Waals surface area (Å²) in [5.74, 6) is 3.78. The quantitative estimate of drug-likeness (QED) is 0.892. The molecule has 0 aliphatic carbocycles. The average molecular weight is 329 g/mol. The van der Waals surface area contributed by atoms with Crippen molar-refractivity contribution in [2.45, 2.75) is 6.54 Å². The second-order valence-electron chi connectivity index (χ2n) is 5.87. The molecule has 2 aliphatic heterocycles. The van der Waals surface area contributed by atoms with Crippen LogP contribution in [0.2, 0.25) is 0 Å². The number of halogens is 1. The second-order valence-corrected chi connectivity index (χ2v) is 5.87. The van der Waals surface area contributed by atoms with E-state index in [9.17, 15) is 0 Å². The number of nitrogens with one attached hydrogen (secondary N) is 1. The fourth-order valence-electron chi connectivity index (χ4n) is 3.61. The molecule has 22 heavy (non-hydrogen) atoms. The molecule has 2 atom stereocenters. The van der Waals surface area contributed by atoms with Crippen LogP contribution in [0.3, 0.4) is 0 Å². The lowest BCUT2D eigenvalue weighted by atomic mass is 10.0. The van der Waals surface area contributed by atoms with Gasteiger partial charge in [-0.05, 0) is 31.0 Å². The Balaban J connectivity index is 0.00000176. The zero-order valence-corrected chi connectivity index (χ0v) is 14.2. The van der Waals surface area contributed by atoms with Gasteiger partial charge in [-0.15, -0.1) is 12.4 Å². The lowest BCUT2D eigenvalue weighted by Gasteiger charge is -2.21. The van der Waals surface area contributed by atoms with E-state index in [1.165, 1.54) is 0 Å². The molecular formula is C16H25ClN2O3. The number of hydrogen-bond acceptors (Lipinski definition) is 5. The minimum absolute atomic E-state index is 0. The number of likely N-dealkylation sites (tertiary alicyclic amines) is 1. The molecule has 6 heteroatoms. The third-order valence-electron chi connectivity index (χ3n) is 4.64. The molecule has 0 amide bonds. The highest BCUT2D eigenvalue weighted by atomic mass is 35.5. The van der Waals surface area contributed by atoms with E-state index >= 15 is 0 Å². The van der Waals surface area contributed by atoms with Crippen molar-refractivity contribution in [3.8, 4) is 17.2 Å². The van der Waals surface area contributed by atoms with E-state index in [4.69, 9.17) is 14.2 Å². The largest absolute Gasteiger partial charge is 0.493 e. The Labute approximate surface area is 138 Å². The van der Waals surface area contributed by atoms with Crippen molar-refractivity contribution in [3.63, 3.8) is 0 Å². The number of benzene rings is 1. The summed E-state index contributed by atoms with van der Waals surface area (Å²) in [7, 11) is 4.98. The lowest BCUT2D eigenvalue weighted by Crippen LogP contribution is -2.25. The van der Waals surface area contributed by atoms with Gasteiger partial charge in [-0.2, -0.15) is 0 Å². The number of fused-ring (bicyclic) bond motifs is 1. The maximum Gasteiger partial charge on any atom is 0.203 e. The third kappa shape index (κ3) is 3.12. The van der Waals surface area contributed by atoms with Crippen molar-refractivity contribution >= 4 is 12.4 Å². The molecule has 0 saturated carbocycles. The van der Waals surface area contributed by atoms with Gasteiger partial charge < -0.3 is 19.5 Å². The maximum absolute atomic E-state index is 5.57. The van der Waals surface area contributed by atoms with Gasteiger partial charge in [0.1, 0.15) is 0 Å². The highest BCUT2D eigenvalue weighted by Gasteiger charge is 2.36. The summed E-state index contributed by atoms with van der Waals surface area (Å²) in [6.45, 7) is 5.54. The first-order valence-corrected chi connectivity index (χ1v) is 7.47. The highest BCUT2D eigenvalue weighted by molar-refractivity contribution is 5.85. The van der Waals surface area contributed by atoms with Crippen LogP contribution < -0.4 is 19.5 Å². The van der Waals surface area contributed by atoms with Gasteiger partial charge in [-0.25, -0.2) is 0 Å². The van der Waals surface area contributed by atoms with E-state index in [-0.39, 0.29) is 12.4 Å². The molecule has 1 aromatic carbocycles. The molecule has 0 bridgehead atoms. The van der Waals surface area contributed by atoms with Crippen LogP contribution >= 0.6 is 12.4 Å². The Morgan fingerprint density at radius 3 is 2.18 bits per heavy atom. The zero-order valence-electron chi connectivity index (χ0n) is 13.4. The zero-order chi connectivity index (χ0) is 14.8. The SMILES string of the molecule is COc1ccc(CN2C[C@H]3CNC[C@H]3C2)c(OC)c1OC.Cl. The topological polar surface area (TPSA) is 43.0 Å². The number of hydrogen-bond donors (Lipinski definition) is 1. The van der Waals surface area contributed by atoms with Gasteiger partial charge in [0.2, 0.25) is 5.75 Å². The van der Waals surface area contributed by atoms with Gasteiger partial charge in [0.05, 0.1) is 21.3 Å². The molecule has 1 N–H and O–H groups in total. The summed E-state index contributed by atoms with van der Waals surface area (Å²) in [4.78, 5) is 2.51. The van der Waals surface area contributed by atoms with Crippen LogP contribution in [0.4, 0.5) is 0 Å². The van der Waals surface area contributed by atoms with E-state index in [1.54, 1.807) is 21.3 Å². The minimum Gasteiger partial charge on any atom is -0.493 e. The molecule has 0 aromatic heterocycles. The fourth-order valence-corrected chi connectivity index (χ4v) is 3.61. The van der Waals surface area contributed by atoms with E-state index in [0.717, 1.165) is 55.9 Å². The highest BCUT2D eigenvalue weighted by Crippen LogP contribution is 2.40. The van der Waals surface area contributed by atoms with Crippen molar-refractivity contribution in [2.24, 2.45) is 11.8 Å². The first-order valence-electron chi connectivity index (χ1n) is 7.47. The van der Waals surface area contributed by atoms with Gasteiger partial charge >= 0.3 is 0 Å². The van der Waals surface area contributed by atoms with E-state index in [2.05, 4.69) is 16.3 Å². The van der Waals surface area contributed by atoms with Crippen LogP contribution in [0, 0.1) is 11.8 Å². The molecular weight excluding hydrogens is 304 g/mol. The Morgan fingerprint density at radius 2 is 1.64 bits per heavy atom. The van der Waals surface area contributed by atoms with E-state index < -0.39 is 0 Å². The standard InChI is InChI=1S/C16H24N2O3.ClH/c1-19-14-5-4-11(15(20-2)16(14)21-3)8-18-9-12-6-17-7-13(12)10-18;/h4-5,12-13,17H,6-10H2,1-3H3;1H/t12-,13+;. The molecule has 124 valence electrons. The Bertz CT molecular complexity index is 500. The fraction of sp³-hybridized carbons (Fsp3) is 0.625. The van der Waals surface area contributed by atoms with Gasteiger partial charge in [-0.3, -0.25) is 4.90 Å². The predicted molar refractivity (Wildman–Crippen MR) is 88.5 cm³/mol. The van der Waals surface area contributed by atoms with Gasteiger partial charge in [0.25, 0.3) is 0 Å². The summed E-state index contributed by atoms with van der Waals surface area (Å²) < 4.78 is 16.4. The normalized spacial score (nSPS) is 23.8. The molecule has 3 rings (SSSR count). The second kappa shape index (κ2) is 7.40. The first kappa shape index (κ1) is 17.2. The summed E-state index contributed by atoms with van der Waals surface area (Å²) >= 11 is 0. The van der Waals surface area contributed by atoms with Crippen LogP contribution in [0.25, 0.3) is 0 Å². The summed E-state index contributed by atoms with van der Waals surface area (Å²) in [5, 5.41) is 3.48. The number of ether oxygens (including phenoxy) is 3.